The Balaban J connectivity index is 1.36. The SMILES string of the molecule is CC(CC(=O)N1C2CC3CC1CC(C#N)(C3)C2)c1c[nH]c2ccc(O)cc12. The van der Waals surface area contributed by atoms with Crippen LogP contribution in [0.5, 0.6) is 5.75 Å². The molecule has 0 radical (unpaired) electrons. The fourth-order valence-corrected chi connectivity index (χ4v) is 6.19. The van der Waals surface area contributed by atoms with Crippen LogP contribution in [0.3, 0.4) is 0 Å². The van der Waals surface area contributed by atoms with E-state index in [1.54, 1.807) is 12.1 Å². The van der Waals surface area contributed by atoms with Crippen molar-refractivity contribution >= 4 is 16.8 Å². The number of piperidine rings is 2. The molecule has 3 atom stereocenters. The number of hydrogen-bond acceptors (Lipinski definition) is 3. The normalized spacial score (nSPS) is 32.6. The lowest BCUT2D eigenvalue weighted by Crippen LogP contribution is -2.63. The van der Waals surface area contributed by atoms with Gasteiger partial charge in [0.15, 0.2) is 0 Å². The van der Waals surface area contributed by atoms with Gasteiger partial charge in [0.05, 0.1) is 11.5 Å². The summed E-state index contributed by atoms with van der Waals surface area (Å²) in [7, 11) is 0. The minimum Gasteiger partial charge on any atom is -0.508 e. The molecule has 5 heteroatoms. The molecule has 2 aliphatic carbocycles. The molecule has 2 saturated carbocycles. The van der Waals surface area contributed by atoms with E-state index in [4.69, 9.17) is 0 Å². The number of aromatic amines is 1. The van der Waals surface area contributed by atoms with Gasteiger partial charge in [0.2, 0.25) is 5.91 Å². The number of carbonyl (C=O) groups excluding carboxylic acids is 1. The molecule has 3 unspecified atom stereocenters. The minimum absolute atomic E-state index is 0.0789. The largest absolute Gasteiger partial charge is 0.508 e. The maximum Gasteiger partial charge on any atom is 0.223 e. The average Bonchev–Trinajstić information content (AvgIpc) is 3.04. The topological polar surface area (TPSA) is 80.1 Å². The molecule has 4 bridgehead atoms. The van der Waals surface area contributed by atoms with E-state index in [0.717, 1.165) is 48.6 Å². The maximum atomic E-state index is 13.2. The van der Waals surface area contributed by atoms with Crippen molar-refractivity contribution in [3.8, 4) is 11.8 Å². The molecule has 140 valence electrons. The summed E-state index contributed by atoms with van der Waals surface area (Å²) in [5, 5.41) is 20.5. The number of nitriles is 1. The van der Waals surface area contributed by atoms with E-state index in [9.17, 15) is 15.2 Å². The van der Waals surface area contributed by atoms with Gasteiger partial charge in [0, 0.05) is 35.6 Å². The Hall–Kier alpha value is -2.48. The maximum absolute atomic E-state index is 13.2. The van der Waals surface area contributed by atoms with Crippen LogP contribution in [-0.2, 0) is 4.79 Å². The zero-order valence-corrected chi connectivity index (χ0v) is 15.6. The highest BCUT2D eigenvalue weighted by molar-refractivity contribution is 5.86. The van der Waals surface area contributed by atoms with Gasteiger partial charge in [0.1, 0.15) is 5.75 Å². The summed E-state index contributed by atoms with van der Waals surface area (Å²) in [5.74, 6) is 1.17. The third kappa shape index (κ3) is 2.54. The van der Waals surface area contributed by atoms with Gasteiger partial charge in [-0.3, -0.25) is 4.79 Å². The lowest BCUT2D eigenvalue weighted by Gasteiger charge is -2.59. The molecule has 5 nitrogen and oxygen atoms in total. The molecule has 1 aromatic heterocycles. The minimum atomic E-state index is -0.173. The Kier molecular flexibility index (Phi) is 3.56. The number of H-pyrrole nitrogens is 1. The molecule has 27 heavy (non-hydrogen) atoms. The lowest BCUT2D eigenvalue weighted by molar-refractivity contribution is -0.153. The van der Waals surface area contributed by atoms with Crippen molar-refractivity contribution in [1.29, 1.82) is 5.26 Å². The van der Waals surface area contributed by atoms with Crippen molar-refractivity contribution in [1.82, 2.24) is 9.88 Å². The van der Waals surface area contributed by atoms with Crippen LogP contribution in [0, 0.1) is 22.7 Å². The molecule has 0 spiro atoms. The number of phenolic OH excluding ortho intramolecular Hbond substituents is 1. The van der Waals surface area contributed by atoms with Crippen molar-refractivity contribution in [3.05, 3.63) is 30.0 Å². The van der Waals surface area contributed by atoms with Crippen molar-refractivity contribution in [3.63, 3.8) is 0 Å². The van der Waals surface area contributed by atoms with E-state index in [2.05, 4.69) is 22.9 Å². The lowest BCUT2D eigenvalue weighted by atomic mass is 9.56. The van der Waals surface area contributed by atoms with Gasteiger partial charge < -0.3 is 15.0 Å². The van der Waals surface area contributed by atoms with Gasteiger partial charge in [-0.25, -0.2) is 0 Å². The van der Waals surface area contributed by atoms with Gasteiger partial charge in [-0.2, -0.15) is 5.26 Å². The summed E-state index contributed by atoms with van der Waals surface area (Å²) in [4.78, 5) is 18.6. The fourth-order valence-electron chi connectivity index (χ4n) is 6.19. The van der Waals surface area contributed by atoms with Crippen LogP contribution in [0.1, 0.15) is 56.9 Å². The number of aromatic hydroxyl groups is 1. The van der Waals surface area contributed by atoms with E-state index in [1.807, 2.05) is 12.3 Å². The quantitative estimate of drug-likeness (QED) is 0.863. The molecule has 2 saturated heterocycles. The van der Waals surface area contributed by atoms with Gasteiger partial charge in [-0.15, -0.1) is 0 Å². The molecule has 4 fully saturated rings. The molecule has 2 aromatic rings. The summed E-state index contributed by atoms with van der Waals surface area (Å²) in [6.45, 7) is 2.08. The highest BCUT2D eigenvalue weighted by Crippen LogP contribution is 2.56. The summed E-state index contributed by atoms with van der Waals surface area (Å²) in [6.07, 6.45) is 7.32. The monoisotopic (exact) mass is 363 g/mol. The van der Waals surface area contributed by atoms with Crippen LogP contribution in [0.15, 0.2) is 24.4 Å². The third-order valence-electron chi connectivity index (χ3n) is 7.16. The number of nitrogens with one attached hydrogen (secondary N) is 1. The Morgan fingerprint density at radius 3 is 2.81 bits per heavy atom. The van der Waals surface area contributed by atoms with E-state index >= 15 is 0 Å². The first kappa shape index (κ1) is 16.7. The molecule has 1 aromatic carbocycles. The zero-order chi connectivity index (χ0) is 18.8. The van der Waals surface area contributed by atoms with Crippen LogP contribution < -0.4 is 0 Å². The number of phenols is 1. The van der Waals surface area contributed by atoms with Crippen molar-refractivity contribution in [2.45, 2.75) is 63.5 Å². The molecular formula is C22H25N3O2. The van der Waals surface area contributed by atoms with Crippen LogP contribution in [0.4, 0.5) is 0 Å². The summed E-state index contributed by atoms with van der Waals surface area (Å²) in [5.41, 5.74) is 1.88. The standard InChI is InChI=1S/C22H25N3O2/c1-13(19-11-24-20-3-2-17(26)7-18(19)20)4-21(27)25-15-5-14-6-16(25)10-22(8-14,9-15)12-23/h2-3,7,11,13-16,24,26H,4-6,8-10H2,1H3. The Morgan fingerprint density at radius 2 is 2.11 bits per heavy atom. The molecule has 3 heterocycles. The van der Waals surface area contributed by atoms with Crippen LogP contribution >= 0.6 is 0 Å². The third-order valence-corrected chi connectivity index (χ3v) is 7.16. The summed E-state index contributed by atoms with van der Waals surface area (Å²) >= 11 is 0. The van der Waals surface area contributed by atoms with Crippen molar-refractivity contribution in [2.75, 3.05) is 0 Å². The highest BCUT2D eigenvalue weighted by Gasteiger charge is 2.55. The number of fused-ring (bicyclic) bond motifs is 1. The highest BCUT2D eigenvalue weighted by atomic mass is 16.3. The number of carbonyl (C=O) groups is 1. The summed E-state index contributed by atoms with van der Waals surface area (Å²) < 4.78 is 0. The number of rotatable bonds is 3. The first-order valence-electron chi connectivity index (χ1n) is 10.0. The number of nitrogens with zero attached hydrogens (tertiary/aromatic N) is 2. The van der Waals surface area contributed by atoms with E-state index in [-0.39, 0.29) is 35.1 Å². The molecule has 2 N–H and O–H groups in total. The van der Waals surface area contributed by atoms with E-state index < -0.39 is 0 Å². The molecule has 4 aliphatic rings. The Bertz CT molecular complexity index is 940. The first-order valence-corrected chi connectivity index (χ1v) is 10.0. The van der Waals surface area contributed by atoms with Gasteiger partial charge in [-0.1, -0.05) is 6.92 Å². The molecule has 1 amide bonds. The molecular weight excluding hydrogens is 338 g/mol. The van der Waals surface area contributed by atoms with Crippen molar-refractivity contribution < 1.29 is 9.90 Å². The number of hydrogen-bond donors (Lipinski definition) is 2. The zero-order valence-electron chi connectivity index (χ0n) is 15.6. The predicted octanol–water partition coefficient (Wildman–Crippen LogP) is 4.05. The van der Waals surface area contributed by atoms with Crippen LogP contribution in [0.25, 0.3) is 10.9 Å². The smallest absolute Gasteiger partial charge is 0.223 e. The first-order chi connectivity index (χ1) is 13.0. The average molecular weight is 363 g/mol. The summed E-state index contributed by atoms with van der Waals surface area (Å²) in [6, 6.07) is 8.40. The predicted molar refractivity (Wildman–Crippen MR) is 102 cm³/mol. The second-order valence-corrected chi connectivity index (χ2v) is 9.03. The molecule has 2 aliphatic heterocycles. The number of amides is 1. The van der Waals surface area contributed by atoms with Crippen LogP contribution in [0.2, 0.25) is 0 Å². The van der Waals surface area contributed by atoms with Crippen LogP contribution in [-0.4, -0.2) is 33.0 Å². The van der Waals surface area contributed by atoms with Gasteiger partial charge in [-0.05, 0) is 67.7 Å². The van der Waals surface area contributed by atoms with Gasteiger partial charge >= 0.3 is 0 Å². The Morgan fingerprint density at radius 1 is 1.37 bits per heavy atom. The number of aromatic nitrogens is 1. The van der Waals surface area contributed by atoms with Crippen molar-refractivity contribution in [2.24, 2.45) is 11.3 Å². The molecule has 6 rings (SSSR count). The van der Waals surface area contributed by atoms with Gasteiger partial charge in [0.25, 0.3) is 0 Å². The second-order valence-electron chi connectivity index (χ2n) is 9.03. The number of benzene rings is 1. The fraction of sp³-hybridized carbons (Fsp3) is 0.545. The second kappa shape index (κ2) is 5.76. The Labute approximate surface area is 159 Å². The van der Waals surface area contributed by atoms with E-state index in [0.29, 0.717) is 12.3 Å². The van der Waals surface area contributed by atoms with E-state index in [1.165, 1.54) is 0 Å².